The maximum Gasteiger partial charge on any atom is 0.239 e. The Hall–Kier alpha value is -1.10. The fourth-order valence-electron chi connectivity index (χ4n) is 3.86. The number of hydrogen-bond acceptors (Lipinski definition) is 4. The Bertz CT molecular complexity index is 555. The standard InChI is InChI=1S/C19H34N6O2.HI/c1-15(18(27)24-9-3-4-10-24)23-11-13-25(14-12-23)19(20-2)22-8-7-21-17(26)16-5-6-16;/h15-16H,3-14H2,1-2H3,(H,20,22)(H,21,26);1H. The quantitative estimate of drug-likeness (QED) is 0.235. The van der Waals surface area contributed by atoms with Gasteiger partial charge < -0.3 is 20.4 Å². The van der Waals surface area contributed by atoms with Gasteiger partial charge in [0.15, 0.2) is 5.96 Å². The Morgan fingerprint density at radius 1 is 0.964 bits per heavy atom. The molecule has 28 heavy (non-hydrogen) atoms. The summed E-state index contributed by atoms with van der Waals surface area (Å²) < 4.78 is 0. The van der Waals surface area contributed by atoms with Gasteiger partial charge in [-0.15, -0.1) is 24.0 Å². The van der Waals surface area contributed by atoms with Gasteiger partial charge in [-0.2, -0.15) is 0 Å². The van der Waals surface area contributed by atoms with Crippen LogP contribution in [0.15, 0.2) is 4.99 Å². The smallest absolute Gasteiger partial charge is 0.239 e. The molecule has 0 radical (unpaired) electrons. The number of hydrogen-bond donors (Lipinski definition) is 2. The average molecular weight is 506 g/mol. The van der Waals surface area contributed by atoms with Crippen molar-refractivity contribution >= 4 is 41.8 Å². The number of aliphatic imine (C=N–C) groups is 1. The average Bonchev–Trinajstić information content (AvgIpc) is 3.41. The van der Waals surface area contributed by atoms with Crippen LogP contribution in [0.2, 0.25) is 0 Å². The monoisotopic (exact) mass is 506 g/mol. The Morgan fingerprint density at radius 3 is 2.14 bits per heavy atom. The van der Waals surface area contributed by atoms with Gasteiger partial charge in [-0.25, -0.2) is 0 Å². The third kappa shape index (κ3) is 6.20. The number of rotatable bonds is 6. The summed E-state index contributed by atoms with van der Waals surface area (Å²) >= 11 is 0. The number of halogens is 1. The molecule has 1 atom stereocenters. The Balaban J connectivity index is 0.00000280. The normalized spacial score (nSPS) is 21.9. The minimum atomic E-state index is -0.0436. The van der Waals surface area contributed by atoms with Gasteiger partial charge in [-0.1, -0.05) is 0 Å². The zero-order valence-electron chi connectivity index (χ0n) is 17.2. The molecule has 1 unspecified atom stereocenters. The molecule has 0 spiro atoms. The second-order valence-corrected chi connectivity index (χ2v) is 7.77. The SMILES string of the molecule is CN=C(NCCNC(=O)C1CC1)N1CCN(C(C)C(=O)N2CCCC2)CC1.I. The van der Waals surface area contributed by atoms with E-state index in [2.05, 4.69) is 25.4 Å². The lowest BCUT2D eigenvalue weighted by molar-refractivity contribution is -0.135. The number of likely N-dealkylation sites (tertiary alicyclic amines) is 1. The highest BCUT2D eigenvalue weighted by Crippen LogP contribution is 2.28. The number of carbonyl (C=O) groups is 2. The van der Waals surface area contributed by atoms with Crippen LogP contribution >= 0.6 is 24.0 Å². The van der Waals surface area contributed by atoms with Crippen LogP contribution in [0.25, 0.3) is 0 Å². The second-order valence-electron chi connectivity index (χ2n) is 7.77. The third-order valence-corrected chi connectivity index (χ3v) is 5.80. The lowest BCUT2D eigenvalue weighted by Gasteiger charge is -2.39. The first-order chi connectivity index (χ1) is 13.1. The largest absolute Gasteiger partial charge is 0.354 e. The van der Waals surface area contributed by atoms with E-state index in [1.54, 1.807) is 7.05 Å². The topological polar surface area (TPSA) is 80.3 Å². The van der Waals surface area contributed by atoms with Crippen LogP contribution < -0.4 is 10.6 Å². The molecule has 1 saturated carbocycles. The molecule has 0 aromatic rings. The number of piperazine rings is 1. The minimum absolute atomic E-state index is 0. The molecule has 9 heteroatoms. The molecular weight excluding hydrogens is 471 g/mol. The fourth-order valence-corrected chi connectivity index (χ4v) is 3.86. The third-order valence-electron chi connectivity index (χ3n) is 5.80. The summed E-state index contributed by atoms with van der Waals surface area (Å²) in [5.74, 6) is 1.57. The van der Waals surface area contributed by atoms with Crippen molar-refractivity contribution in [2.45, 2.75) is 38.6 Å². The van der Waals surface area contributed by atoms with E-state index < -0.39 is 0 Å². The Kier molecular flexibility index (Phi) is 9.26. The van der Waals surface area contributed by atoms with E-state index in [9.17, 15) is 9.59 Å². The lowest BCUT2D eigenvalue weighted by atomic mass is 10.2. The zero-order chi connectivity index (χ0) is 19.2. The van der Waals surface area contributed by atoms with Gasteiger partial charge in [0.05, 0.1) is 6.04 Å². The zero-order valence-corrected chi connectivity index (χ0v) is 19.5. The van der Waals surface area contributed by atoms with Crippen LogP contribution in [-0.2, 0) is 9.59 Å². The fraction of sp³-hybridized carbons (Fsp3) is 0.842. The van der Waals surface area contributed by atoms with E-state index in [0.717, 1.165) is 70.9 Å². The predicted octanol–water partition coefficient (Wildman–Crippen LogP) is 0.335. The lowest BCUT2D eigenvalue weighted by Crippen LogP contribution is -2.57. The van der Waals surface area contributed by atoms with Crippen LogP contribution in [0.1, 0.15) is 32.6 Å². The molecule has 0 aromatic heterocycles. The molecule has 3 rings (SSSR count). The number of guanidine groups is 1. The first-order valence-electron chi connectivity index (χ1n) is 10.4. The van der Waals surface area contributed by atoms with Crippen molar-refractivity contribution in [3.8, 4) is 0 Å². The summed E-state index contributed by atoms with van der Waals surface area (Å²) in [6.07, 6.45) is 4.33. The molecule has 3 fully saturated rings. The highest BCUT2D eigenvalue weighted by Gasteiger charge is 2.31. The van der Waals surface area contributed by atoms with Crippen molar-refractivity contribution in [2.24, 2.45) is 10.9 Å². The first-order valence-corrected chi connectivity index (χ1v) is 10.4. The van der Waals surface area contributed by atoms with E-state index in [4.69, 9.17) is 0 Å². The Labute approximate surface area is 185 Å². The highest BCUT2D eigenvalue weighted by atomic mass is 127. The maximum absolute atomic E-state index is 12.6. The molecule has 160 valence electrons. The summed E-state index contributed by atoms with van der Waals surface area (Å²) in [6.45, 7) is 8.59. The highest BCUT2D eigenvalue weighted by molar-refractivity contribution is 14.0. The van der Waals surface area contributed by atoms with E-state index in [1.807, 2.05) is 11.8 Å². The summed E-state index contributed by atoms with van der Waals surface area (Å²) in [6, 6.07) is -0.0436. The molecule has 1 aliphatic carbocycles. The van der Waals surface area contributed by atoms with Crippen LogP contribution in [0.5, 0.6) is 0 Å². The van der Waals surface area contributed by atoms with Crippen LogP contribution in [0, 0.1) is 5.92 Å². The van der Waals surface area contributed by atoms with Crippen molar-refractivity contribution in [1.29, 1.82) is 0 Å². The summed E-state index contributed by atoms with van der Waals surface area (Å²) in [4.78, 5) is 35.1. The van der Waals surface area contributed by atoms with Crippen molar-refractivity contribution in [2.75, 3.05) is 59.4 Å². The van der Waals surface area contributed by atoms with Gasteiger partial charge in [-0.05, 0) is 32.6 Å². The van der Waals surface area contributed by atoms with Crippen LogP contribution in [-0.4, -0.2) is 97.9 Å². The van der Waals surface area contributed by atoms with E-state index in [-0.39, 0.29) is 47.8 Å². The number of nitrogens with one attached hydrogen (secondary N) is 2. The molecule has 2 N–H and O–H groups in total. The van der Waals surface area contributed by atoms with Crippen molar-refractivity contribution < 1.29 is 9.59 Å². The van der Waals surface area contributed by atoms with Crippen LogP contribution in [0.4, 0.5) is 0 Å². The number of amides is 2. The summed E-state index contributed by atoms with van der Waals surface area (Å²) in [5, 5.41) is 6.30. The van der Waals surface area contributed by atoms with Gasteiger partial charge in [0, 0.05) is 65.3 Å². The maximum atomic E-state index is 12.6. The molecule has 2 heterocycles. The number of nitrogens with zero attached hydrogens (tertiary/aromatic N) is 4. The van der Waals surface area contributed by atoms with Gasteiger partial charge in [0.2, 0.25) is 11.8 Å². The molecule has 3 aliphatic rings. The second kappa shape index (κ2) is 11.2. The van der Waals surface area contributed by atoms with Crippen molar-refractivity contribution in [3.63, 3.8) is 0 Å². The summed E-state index contributed by atoms with van der Waals surface area (Å²) in [7, 11) is 1.79. The molecule has 0 bridgehead atoms. The van der Waals surface area contributed by atoms with E-state index >= 15 is 0 Å². The van der Waals surface area contributed by atoms with Crippen molar-refractivity contribution in [3.05, 3.63) is 0 Å². The molecule has 2 amide bonds. The van der Waals surface area contributed by atoms with Crippen LogP contribution in [0.3, 0.4) is 0 Å². The van der Waals surface area contributed by atoms with Gasteiger partial charge in [0.25, 0.3) is 0 Å². The molecule has 2 aliphatic heterocycles. The van der Waals surface area contributed by atoms with Gasteiger partial charge in [0.1, 0.15) is 0 Å². The molecule has 0 aromatic carbocycles. The van der Waals surface area contributed by atoms with E-state index in [0.29, 0.717) is 13.1 Å². The molecular formula is C19H35IN6O2. The van der Waals surface area contributed by atoms with Gasteiger partial charge in [-0.3, -0.25) is 19.5 Å². The first kappa shape index (κ1) is 23.2. The Morgan fingerprint density at radius 2 is 1.57 bits per heavy atom. The van der Waals surface area contributed by atoms with Crippen molar-refractivity contribution in [1.82, 2.24) is 25.3 Å². The van der Waals surface area contributed by atoms with E-state index in [1.165, 1.54) is 0 Å². The predicted molar refractivity (Wildman–Crippen MR) is 121 cm³/mol. The number of carbonyl (C=O) groups excluding carboxylic acids is 2. The minimum Gasteiger partial charge on any atom is -0.354 e. The van der Waals surface area contributed by atoms with Gasteiger partial charge >= 0.3 is 0 Å². The molecule has 8 nitrogen and oxygen atoms in total. The summed E-state index contributed by atoms with van der Waals surface area (Å²) in [5.41, 5.74) is 0. The molecule has 2 saturated heterocycles.